The van der Waals surface area contributed by atoms with Gasteiger partial charge in [-0.2, -0.15) is 0 Å². The number of pyridine rings is 1. The van der Waals surface area contributed by atoms with Crippen molar-refractivity contribution in [3.8, 4) is 5.75 Å². The summed E-state index contributed by atoms with van der Waals surface area (Å²) in [7, 11) is 1.60. The van der Waals surface area contributed by atoms with E-state index in [1.54, 1.807) is 19.4 Å². The van der Waals surface area contributed by atoms with Gasteiger partial charge in [0.2, 0.25) is 0 Å². The number of rotatable bonds is 9. The van der Waals surface area contributed by atoms with Gasteiger partial charge in [-0.25, -0.2) is 0 Å². The van der Waals surface area contributed by atoms with Crippen LogP contribution in [-0.2, 0) is 13.0 Å². The molecule has 0 saturated heterocycles. The molecule has 4 rings (SSSR count). The van der Waals surface area contributed by atoms with Gasteiger partial charge < -0.3 is 19.8 Å². The second kappa shape index (κ2) is 10.1. The monoisotopic (exact) mass is 429 g/mol. The maximum Gasteiger partial charge on any atom is 0.287 e. The Labute approximate surface area is 187 Å². The number of hydrogen-bond acceptors (Lipinski definition) is 5. The molecule has 2 N–H and O–H groups in total. The van der Waals surface area contributed by atoms with E-state index in [1.807, 2.05) is 67.6 Å². The van der Waals surface area contributed by atoms with Crippen LogP contribution in [0.3, 0.4) is 0 Å². The van der Waals surface area contributed by atoms with Crippen molar-refractivity contribution in [2.75, 3.05) is 13.7 Å². The smallest absolute Gasteiger partial charge is 0.287 e. The van der Waals surface area contributed by atoms with Crippen LogP contribution in [0.2, 0.25) is 0 Å². The van der Waals surface area contributed by atoms with Crippen molar-refractivity contribution in [1.82, 2.24) is 15.6 Å². The summed E-state index contributed by atoms with van der Waals surface area (Å²) < 4.78 is 11.4. The topological polar surface area (TPSA) is 76.4 Å². The Hall–Kier alpha value is -3.64. The number of furan rings is 1. The van der Waals surface area contributed by atoms with Gasteiger partial charge in [-0.1, -0.05) is 42.5 Å². The molecule has 0 saturated carbocycles. The number of aromatic nitrogens is 1. The van der Waals surface area contributed by atoms with Gasteiger partial charge in [-0.3, -0.25) is 9.78 Å². The summed E-state index contributed by atoms with van der Waals surface area (Å²) in [5, 5.41) is 7.32. The van der Waals surface area contributed by atoms with Crippen LogP contribution in [0.4, 0.5) is 0 Å². The molecule has 0 aliphatic rings. The SMILES string of the molecule is COc1ccc(CNCCc2ccccn2)c2cc(C(=O)N[C@@H](C)c3ccccc3)oc12. The number of hydrogen-bond donors (Lipinski definition) is 2. The normalized spacial score (nSPS) is 11.9. The Kier molecular flexibility index (Phi) is 6.82. The highest BCUT2D eigenvalue weighted by atomic mass is 16.5. The molecule has 0 bridgehead atoms. The maximum atomic E-state index is 12.9. The summed E-state index contributed by atoms with van der Waals surface area (Å²) in [6.45, 7) is 3.39. The van der Waals surface area contributed by atoms with Crippen LogP contribution >= 0.6 is 0 Å². The third-order valence-electron chi connectivity index (χ3n) is 5.43. The quantitative estimate of drug-likeness (QED) is 0.379. The van der Waals surface area contributed by atoms with E-state index < -0.39 is 0 Å². The summed E-state index contributed by atoms with van der Waals surface area (Å²) in [4.78, 5) is 17.2. The molecular formula is C26H27N3O3. The second-order valence-electron chi connectivity index (χ2n) is 7.63. The highest BCUT2D eigenvalue weighted by Crippen LogP contribution is 2.32. The Balaban J connectivity index is 1.48. The standard InChI is InChI=1S/C26H27N3O3/c1-18(19-8-4-3-5-9-19)29-26(30)24-16-22-20(11-12-23(31-2)25(22)32-24)17-27-15-13-21-10-6-7-14-28-21/h3-12,14,16,18,27H,13,15,17H2,1-2H3,(H,29,30)/t18-/m0/s1. The van der Waals surface area contributed by atoms with Crippen molar-refractivity contribution in [2.45, 2.75) is 25.9 Å². The van der Waals surface area contributed by atoms with Gasteiger partial charge in [0.25, 0.3) is 5.91 Å². The number of amides is 1. The third kappa shape index (κ3) is 4.98. The van der Waals surface area contributed by atoms with E-state index >= 15 is 0 Å². The van der Waals surface area contributed by atoms with Gasteiger partial charge in [0.15, 0.2) is 17.1 Å². The fourth-order valence-electron chi connectivity index (χ4n) is 3.66. The Morgan fingerprint density at radius 3 is 2.66 bits per heavy atom. The highest BCUT2D eigenvalue weighted by Gasteiger charge is 2.19. The number of methoxy groups -OCH3 is 1. The summed E-state index contributed by atoms with van der Waals surface area (Å²) in [6, 6.07) is 21.3. The van der Waals surface area contributed by atoms with Gasteiger partial charge in [0, 0.05) is 36.8 Å². The molecule has 4 aromatic rings. The second-order valence-corrected chi connectivity index (χ2v) is 7.63. The molecule has 0 aliphatic heterocycles. The Morgan fingerprint density at radius 2 is 1.91 bits per heavy atom. The van der Waals surface area contributed by atoms with Gasteiger partial charge in [0.1, 0.15) is 0 Å². The lowest BCUT2D eigenvalue weighted by Gasteiger charge is -2.12. The van der Waals surface area contributed by atoms with Crippen LogP contribution in [-0.4, -0.2) is 24.5 Å². The minimum atomic E-state index is -0.256. The van der Waals surface area contributed by atoms with E-state index in [-0.39, 0.29) is 17.7 Å². The zero-order valence-corrected chi connectivity index (χ0v) is 18.3. The average Bonchev–Trinajstić information content (AvgIpc) is 3.29. The molecule has 0 unspecified atom stereocenters. The maximum absolute atomic E-state index is 12.9. The largest absolute Gasteiger partial charge is 0.493 e. The summed E-state index contributed by atoms with van der Waals surface area (Å²) >= 11 is 0. The molecule has 6 nitrogen and oxygen atoms in total. The number of carbonyl (C=O) groups is 1. The van der Waals surface area contributed by atoms with Crippen LogP contribution < -0.4 is 15.4 Å². The molecule has 2 heterocycles. The lowest BCUT2D eigenvalue weighted by molar-refractivity contribution is 0.0914. The van der Waals surface area contributed by atoms with Crippen LogP contribution in [0.25, 0.3) is 11.0 Å². The van der Waals surface area contributed by atoms with Crippen molar-refractivity contribution >= 4 is 16.9 Å². The van der Waals surface area contributed by atoms with E-state index in [2.05, 4.69) is 15.6 Å². The number of benzene rings is 2. The zero-order chi connectivity index (χ0) is 22.3. The number of nitrogens with one attached hydrogen (secondary N) is 2. The minimum Gasteiger partial charge on any atom is -0.493 e. The van der Waals surface area contributed by atoms with Crippen molar-refractivity contribution in [3.05, 3.63) is 95.5 Å². The molecule has 1 amide bonds. The fourth-order valence-corrected chi connectivity index (χ4v) is 3.66. The number of ether oxygens (including phenoxy) is 1. The molecule has 0 aliphatic carbocycles. The summed E-state index contributed by atoms with van der Waals surface area (Å²) in [6.07, 6.45) is 2.65. The number of fused-ring (bicyclic) bond motifs is 1. The first-order chi connectivity index (χ1) is 15.7. The molecule has 0 fully saturated rings. The van der Waals surface area contributed by atoms with E-state index in [1.165, 1.54) is 0 Å². The fraction of sp³-hybridized carbons (Fsp3) is 0.231. The van der Waals surface area contributed by atoms with E-state index in [0.29, 0.717) is 17.9 Å². The van der Waals surface area contributed by atoms with Gasteiger partial charge in [-0.15, -0.1) is 0 Å². The van der Waals surface area contributed by atoms with Crippen LogP contribution in [0.15, 0.2) is 77.3 Å². The van der Waals surface area contributed by atoms with Gasteiger partial charge >= 0.3 is 0 Å². The van der Waals surface area contributed by atoms with Crippen molar-refractivity contribution in [3.63, 3.8) is 0 Å². The van der Waals surface area contributed by atoms with E-state index in [0.717, 1.165) is 35.2 Å². The van der Waals surface area contributed by atoms with E-state index in [4.69, 9.17) is 9.15 Å². The Morgan fingerprint density at radius 1 is 1.09 bits per heavy atom. The number of carbonyl (C=O) groups excluding carboxylic acids is 1. The average molecular weight is 430 g/mol. The molecule has 0 radical (unpaired) electrons. The first kappa shape index (κ1) is 21.6. The van der Waals surface area contributed by atoms with Crippen LogP contribution in [0, 0.1) is 0 Å². The first-order valence-electron chi connectivity index (χ1n) is 10.7. The van der Waals surface area contributed by atoms with Crippen LogP contribution in [0.1, 0.15) is 40.3 Å². The molecule has 164 valence electrons. The third-order valence-corrected chi connectivity index (χ3v) is 5.43. The molecule has 2 aromatic carbocycles. The number of nitrogens with zero attached hydrogens (tertiary/aromatic N) is 1. The lowest BCUT2D eigenvalue weighted by atomic mass is 10.1. The summed E-state index contributed by atoms with van der Waals surface area (Å²) in [5.41, 5.74) is 3.71. The predicted octanol–water partition coefficient (Wildman–Crippen LogP) is 4.66. The highest BCUT2D eigenvalue weighted by molar-refractivity contribution is 5.98. The molecule has 32 heavy (non-hydrogen) atoms. The summed E-state index contributed by atoms with van der Waals surface area (Å²) in [5.74, 6) is 0.614. The van der Waals surface area contributed by atoms with E-state index in [9.17, 15) is 4.79 Å². The molecule has 6 heteroatoms. The molecule has 0 spiro atoms. The minimum absolute atomic E-state index is 0.133. The molecule has 1 atom stereocenters. The predicted molar refractivity (Wildman–Crippen MR) is 125 cm³/mol. The zero-order valence-electron chi connectivity index (χ0n) is 18.3. The first-order valence-corrected chi connectivity index (χ1v) is 10.7. The van der Waals surface area contributed by atoms with Gasteiger partial charge in [0.05, 0.1) is 13.2 Å². The van der Waals surface area contributed by atoms with Gasteiger partial charge in [-0.05, 0) is 42.3 Å². The Bertz CT molecular complexity index is 1170. The van der Waals surface area contributed by atoms with Crippen molar-refractivity contribution < 1.29 is 13.9 Å². The van der Waals surface area contributed by atoms with Crippen molar-refractivity contribution in [2.24, 2.45) is 0 Å². The molecular weight excluding hydrogens is 402 g/mol. The lowest BCUT2D eigenvalue weighted by Crippen LogP contribution is -2.26. The van der Waals surface area contributed by atoms with Crippen LogP contribution in [0.5, 0.6) is 5.75 Å². The molecule has 2 aromatic heterocycles. The van der Waals surface area contributed by atoms with Crippen molar-refractivity contribution in [1.29, 1.82) is 0 Å².